The highest BCUT2D eigenvalue weighted by atomic mass is 16.2. The number of hydrogen-bond acceptors (Lipinski definition) is 2. The number of nitrogen functional groups attached to an aromatic ring is 1. The Hall–Kier alpha value is -1.95. The number of anilines is 1. The van der Waals surface area contributed by atoms with E-state index in [2.05, 4.69) is 5.92 Å². The Balaban J connectivity index is 2.25. The van der Waals surface area contributed by atoms with Crippen LogP contribution in [0.1, 0.15) is 34.3 Å². The molecular formula is C16H20N2O. The van der Waals surface area contributed by atoms with Gasteiger partial charge in [0.25, 0.3) is 5.91 Å². The fraction of sp³-hybridized carbons (Fsp3) is 0.438. The first-order valence-corrected chi connectivity index (χ1v) is 6.62. The Kier molecular flexibility index (Phi) is 3.80. The van der Waals surface area contributed by atoms with Crippen molar-refractivity contribution in [2.75, 3.05) is 18.8 Å². The van der Waals surface area contributed by atoms with E-state index < -0.39 is 0 Å². The van der Waals surface area contributed by atoms with E-state index in [0.717, 1.165) is 17.7 Å². The monoisotopic (exact) mass is 256 g/mol. The summed E-state index contributed by atoms with van der Waals surface area (Å²) in [6, 6.07) is 3.72. The lowest BCUT2D eigenvalue weighted by molar-refractivity contribution is 0.0769. The van der Waals surface area contributed by atoms with Crippen LogP contribution in [-0.4, -0.2) is 23.9 Å². The second-order valence-corrected chi connectivity index (χ2v) is 5.36. The summed E-state index contributed by atoms with van der Waals surface area (Å²) in [5, 5.41) is 0. The summed E-state index contributed by atoms with van der Waals surface area (Å²) in [6.07, 6.45) is 7.76. The third-order valence-corrected chi connectivity index (χ3v) is 3.59. The van der Waals surface area contributed by atoms with Crippen LogP contribution < -0.4 is 5.73 Å². The largest absolute Gasteiger partial charge is 0.398 e. The van der Waals surface area contributed by atoms with Gasteiger partial charge in [-0.3, -0.25) is 4.79 Å². The van der Waals surface area contributed by atoms with Gasteiger partial charge in [-0.25, -0.2) is 0 Å². The van der Waals surface area contributed by atoms with Crippen molar-refractivity contribution in [2.45, 2.75) is 26.7 Å². The van der Waals surface area contributed by atoms with Gasteiger partial charge in [0.15, 0.2) is 0 Å². The summed E-state index contributed by atoms with van der Waals surface area (Å²) in [6.45, 7) is 5.00. The number of benzene rings is 1. The summed E-state index contributed by atoms with van der Waals surface area (Å²) >= 11 is 0. The van der Waals surface area contributed by atoms with Gasteiger partial charge in [-0.1, -0.05) is 12.0 Å². The molecule has 0 aromatic heterocycles. The first-order chi connectivity index (χ1) is 9.02. The van der Waals surface area contributed by atoms with Crippen molar-refractivity contribution < 1.29 is 4.79 Å². The first-order valence-electron chi connectivity index (χ1n) is 6.62. The normalized spacial score (nSPS) is 13.9. The molecule has 0 atom stereocenters. The molecule has 1 aromatic carbocycles. The zero-order valence-corrected chi connectivity index (χ0v) is 11.6. The van der Waals surface area contributed by atoms with Crippen molar-refractivity contribution in [3.63, 3.8) is 0 Å². The van der Waals surface area contributed by atoms with Crippen LogP contribution in [0.4, 0.5) is 5.69 Å². The molecule has 1 saturated carbocycles. The topological polar surface area (TPSA) is 46.3 Å². The van der Waals surface area contributed by atoms with Crippen LogP contribution in [0.5, 0.6) is 0 Å². The van der Waals surface area contributed by atoms with Crippen molar-refractivity contribution in [1.29, 1.82) is 0 Å². The molecule has 0 radical (unpaired) electrons. The van der Waals surface area contributed by atoms with Crippen LogP contribution in [0.15, 0.2) is 12.1 Å². The van der Waals surface area contributed by atoms with Crippen LogP contribution in [0.25, 0.3) is 0 Å². The lowest BCUT2D eigenvalue weighted by Gasteiger charge is -2.21. The minimum absolute atomic E-state index is 0.00551. The number of aryl methyl sites for hydroxylation is 2. The minimum atomic E-state index is -0.00551. The molecule has 2 rings (SSSR count). The van der Waals surface area contributed by atoms with Gasteiger partial charge in [0.2, 0.25) is 0 Å². The Bertz CT molecular complexity index is 538. The van der Waals surface area contributed by atoms with Crippen molar-refractivity contribution in [3.8, 4) is 12.3 Å². The third kappa shape index (κ3) is 3.08. The van der Waals surface area contributed by atoms with Crippen LogP contribution >= 0.6 is 0 Å². The molecule has 100 valence electrons. The first kappa shape index (κ1) is 13.5. The zero-order chi connectivity index (χ0) is 14.0. The maximum absolute atomic E-state index is 12.6. The Labute approximate surface area is 114 Å². The van der Waals surface area contributed by atoms with E-state index >= 15 is 0 Å². The summed E-state index contributed by atoms with van der Waals surface area (Å²) in [5.41, 5.74) is 9.18. The van der Waals surface area contributed by atoms with E-state index in [4.69, 9.17) is 12.2 Å². The molecule has 1 fully saturated rings. The highest BCUT2D eigenvalue weighted by Gasteiger charge is 2.27. The number of nitrogens with two attached hydrogens (primary N) is 1. The third-order valence-electron chi connectivity index (χ3n) is 3.59. The molecule has 0 spiro atoms. The molecule has 0 saturated heterocycles. The van der Waals surface area contributed by atoms with Crippen molar-refractivity contribution >= 4 is 11.6 Å². The fourth-order valence-electron chi connectivity index (χ4n) is 2.21. The molecular weight excluding hydrogens is 236 g/mol. The number of carbonyl (C=O) groups excluding carboxylic acids is 1. The molecule has 19 heavy (non-hydrogen) atoms. The Morgan fingerprint density at radius 1 is 1.42 bits per heavy atom. The number of carbonyl (C=O) groups is 1. The average molecular weight is 256 g/mol. The molecule has 0 unspecified atom stereocenters. The maximum atomic E-state index is 12.6. The van der Waals surface area contributed by atoms with E-state index in [9.17, 15) is 4.79 Å². The van der Waals surface area contributed by atoms with E-state index in [-0.39, 0.29) is 5.91 Å². The fourth-order valence-corrected chi connectivity index (χ4v) is 2.21. The number of rotatable bonds is 4. The Morgan fingerprint density at radius 3 is 2.68 bits per heavy atom. The molecule has 0 bridgehead atoms. The van der Waals surface area contributed by atoms with Crippen molar-refractivity contribution in [1.82, 2.24) is 4.90 Å². The van der Waals surface area contributed by atoms with Crippen LogP contribution in [0, 0.1) is 32.1 Å². The number of nitrogens with zero attached hydrogens (tertiary/aromatic N) is 1. The minimum Gasteiger partial charge on any atom is -0.398 e. The number of amides is 1. The maximum Gasteiger partial charge on any atom is 0.254 e. The van der Waals surface area contributed by atoms with Gasteiger partial charge in [0, 0.05) is 17.8 Å². The lowest BCUT2D eigenvalue weighted by atomic mass is 10.0. The summed E-state index contributed by atoms with van der Waals surface area (Å²) < 4.78 is 0. The predicted molar refractivity (Wildman–Crippen MR) is 77.8 cm³/mol. The van der Waals surface area contributed by atoms with Gasteiger partial charge in [-0.2, -0.15) is 0 Å². The van der Waals surface area contributed by atoms with E-state index in [1.165, 1.54) is 12.8 Å². The molecule has 3 heteroatoms. The summed E-state index contributed by atoms with van der Waals surface area (Å²) in [7, 11) is 0. The van der Waals surface area contributed by atoms with Gasteiger partial charge < -0.3 is 10.6 Å². The van der Waals surface area contributed by atoms with Crippen LogP contribution in [0.3, 0.4) is 0 Å². The van der Waals surface area contributed by atoms with E-state index in [1.807, 2.05) is 19.9 Å². The van der Waals surface area contributed by atoms with Gasteiger partial charge in [-0.05, 0) is 49.8 Å². The summed E-state index contributed by atoms with van der Waals surface area (Å²) in [4.78, 5) is 14.3. The molecule has 1 aromatic rings. The quantitative estimate of drug-likeness (QED) is 0.664. The zero-order valence-electron chi connectivity index (χ0n) is 11.6. The van der Waals surface area contributed by atoms with Gasteiger partial charge in [0.1, 0.15) is 0 Å². The summed E-state index contributed by atoms with van der Waals surface area (Å²) in [5.74, 6) is 3.19. The van der Waals surface area contributed by atoms with Gasteiger partial charge >= 0.3 is 0 Å². The molecule has 3 nitrogen and oxygen atoms in total. The molecule has 1 aliphatic carbocycles. The molecule has 0 aliphatic heterocycles. The second kappa shape index (κ2) is 5.36. The van der Waals surface area contributed by atoms with Crippen LogP contribution in [0.2, 0.25) is 0 Å². The van der Waals surface area contributed by atoms with Crippen molar-refractivity contribution in [3.05, 3.63) is 28.8 Å². The van der Waals surface area contributed by atoms with Gasteiger partial charge in [-0.15, -0.1) is 6.42 Å². The second-order valence-electron chi connectivity index (χ2n) is 5.36. The van der Waals surface area contributed by atoms with E-state index in [0.29, 0.717) is 23.7 Å². The molecule has 1 aliphatic rings. The smallest absolute Gasteiger partial charge is 0.254 e. The van der Waals surface area contributed by atoms with E-state index in [1.54, 1.807) is 11.0 Å². The predicted octanol–water partition coefficient (Wildman–Crippen LogP) is 2.37. The Morgan fingerprint density at radius 2 is 2.11 bits per heavy atom. The highest BCUT2D eigenvalue weighted by molar-refractivity contribution is 5.97. The van der Waals surface area contributed by atoms with Crippen LogP contribution in [-0.2, 0) is 0 Å². The lowest BCUT2D eigenvalue weighted by Crippen LogP contribution is -2.33. The average Bonchev–Trinajstić information content (AvgIpc) is 3.16. The highest BCUT2D eigenvalue weighted by Crippen LogP contribution is 2.30. The van der Waals surface area contributed by atoms with Crippen molar-refractivity contribution in [2.24, 2.45) is 5.92 Å². The SMILES string of the molecule is C#CCN(CC1CC1)C(=O)c1cc(N)c(C)cc1C. The number of hydrogen-bond donors (Lipinski definition) is 1. The molecule has 1 amide bonds. The molecule has 0 heterocycles. The number of terminal acetylenes is 1. The standard InChI is InChI=1S/C16H20N2O/c1-4-7-18(10-13-5-6-13)16(19)14-9-15(17)12(3)8-11(14)2/h1,8-9,13H,5-7,10,17H2,2-3H3. The molecule has 2 N–H and O–H groups in total. The van der Waals surface area contributed by atoms with Gasteiger partial charge in [0.05, 0.1) is 6.54 Å².